The zero-order valence-corrected chi connectivity index (χ0v) is 13.8. The van der Waals surface area contributed by atoms with Gasteiger partial charge in [-0.2, -0.15) is 0 Å². The van der Waals surface area contributed by atoms with Crippen LogP contribution in [0.5, 0.6) is 11.5 Å². The van der Waals surface area contributed by atoms with Crippen LogP contribution in [0.3, 0.4) is 0 Å². The molecule has 2 heterocycles. The maximum Gasteiger partial charge on any atom is 0.177 e. The van der Waals surface area contributed by atoms with Crippen molar-refractivity contribution >= 4 is 5.78 Å². The molecule has 24 heavy (non-hydrogen) atoms. The van der Waals surface area contributed by atoms with Crippen LogP contribution < -0.4 is 9.47 Å². The van der Waals surface area contributed by atoms with Crippen molar-refractivity contribution in [3.63, 3.8) is 0 Å². The van der Waals surface area contributed by atoms with Gasteiger partial charge in [0.15, 0.2) is 23.4 Å². The van der Waals surface area contributed by atoms with Crippen molar-refractivity contribution in [2.45, 2.75) is 49.3 Å². The van der Waals surface area contributed by atoms with Gasteiger partial charge in [0.05, 0.1) is 18.1 Å². The van der Waals surface area contributed by atoms with E-state index in [4.69, 9.17) is 13.6 Å². The fraction of sp³-hybridized carbons (Fsp3) is 0.632. The Kier molecular flexibility index (Phi) is 2.14. The molecule has 5 rings (SSSR count). The maximum atomic E-state index is 13.1. The zero-order valence-electron chi connectivity index (χ0n) is 16.8. The van der Waals surface area contributed by atoms with Gasteiger partial charge in [0, 0.05) is 21.6 Å². The van der Waals surface area contributed by atoms with E-state index in [1.54, 1.807) is 20.1 Å². The minimum Gasteiger partial charge on any atom is -0.493 e. The number of likely N-dealkylation sites (N-methyl/N-ethyl adjacent to an activating group) is 1. The van der Waals surface area contributed by atoms with E-state index >= 15 is 0 Å². The van der Waals surface area contributed by atoms with E-state index in [2.05, 4.69) is 0 Å². The summed E-state index contributed by atoms with van der Waals surface area (Å²) in [6.45, 7) is -0.211. The van der Waals surface area contributed by atoms with E-state index in [9.17, 15) is 9.90 Å². The van der Waals surface area contributed by atoms with Gasteiger partial charge >= 0.3 is 0 Å². The number of rotatable bonds is 1. The summed E-state index contributed by atoms with van der Waals surface area (Å²) in [6.07, 6.45) is 0.242. The van der Waals surface area contributed by atoms with Crippen LogP contribution in [0.1, 0.15) is 35.0 Å². The quantitative estimate of drug-likeness (QED) is 0.840. The summed E-state index contributed by atoms with van der Waals surface area (Å²) in [6, 6.07) is 3.14. The average molecular weight is 332 g/mol. The molecule has 5 nitrogen and oxygen atoms in total. The molecule has 2 bridgehead atoms. The van der Waals surface area contributed by atoms with Crippen molar-refractivity contribution in [2.24, 2.45) is 5.92 Å². The molecule has 0 amide bonds. The normalized spacial score (nSPS) is 44.9. The molecule has 1 N–H and O–H groups in total. The molecule has 0 unspecified atom stereocenters. The van der Waals surface area contributed by atoms with Crippen molar-refractivity contribution in [2.75, 3.05) is 20.6 Å². The third-order valence-corrected chi connectivity index (χ3v) is 6.78. The van der Waals surface area contributed by atoms with Crippen LogP contribution in [0.4, 0.5) is 0 Å². The highest BCUT2D eigenvalue weighted by molar-refractivity contribution is 5.91. The first-order valence-corrected chi connectivity index (χ1v) is 8.55. The van der Waals surface area contributed by atoms with Gasteiger partial charge in [-0.15, -0.1) is 0 Å². The SMILES string of the molecule is [2H]C([2H])([2H])N1CC[C@]23c4c5ccc(OC)c4O[C@H]2C(=O)[C@@H](C)C[C@@]3(O)[C@H]1C5. The van der Waals surface area contributed by atoms with Gasteiger partial charge in [-0.05, 0) is 44.4 Å². The monoisotopic (exact) mass is 332 g/mol. The molecule has 4 aliphatic rings. The molecule has 2 aliphatic carbocycles. The third kappa shape index (κ3) is 1.35. The standard InChI is InChI=1S/C19H23NO4/c1-10-9-19(22)13-8-11-4-5-12(23-3)16-14(11)18(19,6-7-20(13)2)17(24-16)15(10)21/h4-5,10,13,17,22H,6-9H2,1-3H3/t10-,13+,17-,18-,19+/m0/s1/i2D3. The number of methoxy groups -OCH3 is 1. The van der Waals surface area contributed by atoms with E-state index in [-0.39, 0.29) is 12.2 Å². The predicted molar refractivity (Wildman–Crippen MR) is 87.6 cm³/mol. The molecule has 2 aliphatic heterocycles. The molecule has 2 fully saturated rings. The number of likely N-dealkylation sites (tertiary alicyclic amines) is 1. The Morgan fingerprint density at radius 1 is 1.50 bits per heavy atom. The summed E-state index contributed by atoms with van der Waals surface area (Å²) in [5, 5.41) is 12.0. The summed E-state index contributed by atoms with van der Waals surface area (Å²) in [4.78, 5) is 14.5. The number of aliphatic hydroxyl groups is 1. The number of benzene rings is 1. The van der Waals surface area contributed by atoms with Crippen LogP contribution in [0.15, 0.2) is 12.1 Å². The number of Topliss-reactive ketones (excluding diaryl/α,β-unsaturated/α-hetero) is 1. The third-order valence-electron chi connectivity index (χ3n) is 6.78. The lowest BCUT2D eigenvalue weighted by atomic mass is 9.47. The summed E-state index contributed by atoms with van der Waals surface area (Å²) >= 11 is 0. The Morgan fingerprint density at radius 3 is 3.08 bits per heavy atom. The van der Waals surface area contributed by atoms with Crippen LogP contribution in [-0.4, -0.2) is 54.2 Å². The van der Waals surface area contributed by atoms with Crippen LogP contribution >= 0.6 is 0 Å². The smallest absolute Gasteiger partial charge is 0.177 e. The number of nitrogens with zero attached hydrogens (tertiary/aromatic N) is 1. The van der Waals surface area contributed by atoms with E-state index in [1.165, 1.54) is 4.90 Å². The number of ether oxygens (including phenoxy) is 2. The lowest BCUT2D eigenvalue weighted by molar-refractivity contribution is -0.193. The molecule has 0 aromatic heterocycles. The fourth-order valence-corrected chi connectivity index (χ4v) is 5.75. The van der Waals surface area contributed by atoms with E-state index in [0.717, 1.165) is 11.1 Å². The molecule has 1 spiro atoms. The Balaban J connectivity index is 1.80. The lowest BCUT2D eigenvalue weighted by Gasteiger charge is -2.62. The minimum atomic E-state index is -2.30. The lowest BCUT2D eigenvalue weighted by Crippen LogP contribution is -2.77. The number of hydrogen-bond acceptors (Lipinski definition) is 5. The highest BCUT2D eigenvalue weighted by Gasteiger charge is 2.73. The maximum absolute atomic E-state index is 13.1. The van der Waals surface area contributed by atoms with Gasteiger partial charge in [-0.3, -0.25) is 4.79 Å². The summed E-state index contributed by atoms with van der Waals surface area (Å²) in [5.74, 6) is 0.680. The molecule has 1 saturated heterocycles. The first-order chi connectivity index (χ1) is 12.6. The zero-order chi connectivity index (χ0) is 19.4. The number of ketones is 1. The topological polar surface area (TPSA) is 59.0 Å². The fourth-order valence-electron chi connectivity index (χ4n) is 5.75. The number of carbonyl (C=O) groups is 1. The molecule has 1 aromatic carbocycles. The molecule has 5 atom stereocenters. The molecular weight excluding hydrogens is 306 g/mol. The molecule has 1 saturated carbocycles. The number of carbonyl (C=O) groups excluding carboxylic acids is 1. The summed E-state index contributed by atoms with van der Waals surface area (Å²) in [7, 11) is 1.56. The van der Waals surface area contributed by atoms with Crippen molar-refractivity contribution in [1.82, 2.24) is 4.90 Å². The molecule has 0 radical (unpaired) electrons. The highest BCUT2D eigenvalue weighted by atomic mass is 16.5. The Labute approximate surface area is 145 Å². The second-order valence-electron chi connectivity index (χ2n) is 7.70. The van der Waals surface area contributed by atoms with Crippen molar-refractivity contribution in [3.8, 4) is 11.5 Å². The second-order valence-corrected chi connectivity index (χ2v) is 7.70. The largest absolute Gasteiger partial charge is 0.493 e. The van der Waals surface area contributed by atoms with Gasteiger partial charge in [0.25, 0.3) is 0 Å². The number of hydrogen-bond donors (Lipinski definition) is 1. The van der Waals surface area contributed by atoms with Crippen LogP contribution in [0.25, 0.3) is 0 Å². The predicted octanol–water partition coefficient (Wildman–Crippen LogP) is 1.29. The first-order valence-electron chi connectivity index (χ1n) is 10.0. The molecule has 5 heteroatoms. The highest BCUT2D eigenvalue weighted by Crippen LogP contribution is 2.65. The van der Waals surface area contributed by atoms with Gasteiger partial charge < -0.3 is 19.5 Å². The van der Waals surface area contributed by atoms with Gasteiger partial charge in [0.2, 0.25) is 0 Å². The first kappa shape index (κ1) is 11.9. The van der Waals surface area contributed by atoms with Crippen molar-refractivity contribution in [3.05, 3.63) is 23.3 Å². The summed E-state index contributed by atoms with van der Waals surface area (Å²) < 4.78 is 35.6. The van der Waals surface area contributed by atoms with Crippen molar-refractivity contribution < 1.29 is 23.5 Å². The van der Waals surface area contributed by atoms with E-state index in [1.807, 2.05) is 6.07 Å². The Hall–Kier alpha value is -1.59. The van der Waals surface area contributed by atoms with Gasteiger partial charge in [-0.1, -0.05) is 13.0 Å². The Bertz CT molecular complexity index is 856. The second kappa shape index (κ2) is 4.33. The van der Waals surface area contributed by atoms with Gasteiger partial charge in [-0.25, -0.2) is 0 Å². The molecule has 128 valence electrons. The minimum absolute atomic E-state index is 0.0214. The van der Waals surface area contributed by atoms with Gasteiger partial charge in [0.1, 0.15) is 0 Å². The number of piperidine rings is 1. The van der Waals surface area contributed by atoms with Crippen molar-refractivity contribution in [1.29, 1.82) is 0 Å². The summed E-state index contributed by atoms with van der Waals surface area (Å²) in [5.41, 5.74) is -0.432. The molecular formula is C19H23NO4. The van der Waals surface area contributed by atoms with Crippen LogP contribution in [0, 0.1) is 5.92 Å². The Morgan fingerprint density at radius 2 is 2.33 bits per heavy atom. The van der Waals surface area contributed by atoms with E-state index in [0.29, 0.717) is 30.9 Å². The van der Waals surface area contributed by atoms with Crippen LogP contribution in [-0.2, 0) is 16.6 Å². The molecule has 1 aromatic rings. The average Bonchev–Trinajstić information content (AvgIpc) is 2.92. The van der Waals surface area contributed by atoms with E-state index < -0.39 is 36.1 Å². The van der Waals surface area contributed by atoms with Crippen LogP contribution in [0.2, 0.25) is 0 Å².